The lowest BCUT2D eigenvalue weighted by atomic mass is 10.2. The largest absolute Gasteiger partial charge is 0.477 e. The van der Waals surface area contributed by atoms with Gasteiger partial charge in [-0.05, 0) is 7.05 Å². The topological polar surface area (TPSA) is 81.0 Å². The number of rotatable bonds is 6. The van der Waals surface area contributed by atoms with E-state index in [9.17, 15) is 13.6 Å². The van der Waals surface area contributed by atoms with Crippen molar-refractivity contribution < 1.29 is 28.9 Å². The molecule has 0 saturated heterocycles. The average molecular weight is 213 g/mol. The Morgan fingerprint density at radius 1 is 1.43 bits per heavy atom. The van der Waals surface area contributed by atoms with Crippen molar-refractivity contribution in [3.8, 4) is 0 Å². The van der Waals surface area contributed by atoms with Gasteiger partial charge in [-0.3, -0.25) is 4.90 Å². The summed E-state index contributed by atoms with van der Waals surface area (Å²) < 4.78 is 25.3. The third-order valence-corrected chi connectivity index (χ3v) is 1.81. The van der Waals surface area contributed by atoms with E-state index in [1.165, 1.54) is 7.05 Å². The highest BCUT2D eigenvalue weighted by Crippen LogP contribution is 2.15. The van der Waals surface area contributed by atoms with E-state index in [0.717, 1.165) is 4.90 Å². The SMILES string of the molecule is CN(CC(F)(F)C(=O)O)C(CO)CO. The number of likely N-dealkylation sites (N-methyl/N-ethyl adjacent to an activating group) is 1. The number of aliphatic carboxylic acids is 1. The molecule has 0 aliphatic carbocycles. The number of carbonyl (C=O) groups is 1. The Hall–Kier alpha value is -0.790. The number of carboxylic acid groups (broad SMARTS) is 1. The van der Waals surface area contributed by atoms with E-state index in [1.54, 1.807) is 0 Å². The summed E-state index contributed by atoms with van der Waals surface area (Å²) in [4.78, 5) is 11.0. The Labute approximate surface area is 79.6 Å². The van der Waals surface area contributed by atoms with Gasteiger partial charge in [0.15, 0.2) is 0 Å². The molecule has 0 rings (SSSR count). The van der Waals surface area contributed by atoms with Crippen molar-refractivity contribution in [1.29, 1.82) is 0 Å². The molecule has 0 amide bonds. The van der Waals surface area contributed by atoms with E-state index in [0.29, 0.717) is 0 Å². The maximum Gasteiger partial charge on any atom is 0.375 e. The average Bonchev–Trinajstić information content (AvgIpc) is 2.05. The number of hydrogen-bond acceptors (Lipinski definition) is 4. The van der Waals surface area contributed by atoms with E-state index >= 15 is 0 Å². The van der Waals surface area contributed by atoms with Gasteiger partial charge in [-0.25, -0.2) is 4.79 Å². The molecule has 3 N–H and O–H groups in total. The molecule has 0 aromatic rings. The van der Waals surface area contributed by atoms with Crippen LogP contribution < -0.4 is 0 Å². The molecule has 5 nitrogen and oxygen atoms in total. The molecule has 0 aromatic carbocycles. The fourth-order valence-corrected chi connectivity index (χ4v) is 0.846. The van der Waals surface area contributed by atoms with E-state index in [-0.39, 0.29) is 0 Å². The molecule has 0 spiro atoms. The van der Waals surface area contributed by atoms with Crippen molar-refractivity contribution >= 4 is 5.97 Å². The molecule has 0 bridgehead atoms. The van der Waals surface area contributed by atoms with Gasteiger partial charge < -0.3 is 15.3 Å². The predicted octanol–water partition coefficient (Wildman–Crippen LogP) is -1.01. The van der Waals surface area contributed by atoms with E-state index in [2.05, 4.69) is 0 Å². The molecule has 0 heterocycles. The van der Waals surface area contributed by atoms with Gasteiger partial charge in [-0.2, -0.15) is 8.78 Å². The first-order valence-electron chi connectivity index (χ1n) is 3.88. The second-order valence-corrected chi connectivity index (χ2v) is 2.94. The van der Waals surface area contributed by atoms with Gasteiger partial charge in [-0.1, -0.05) is 0 Å². The minimum absolute atomic E-state index is 0.511. The zero-order chi connectivity index (χ0) is 11.4. The smallest absolute Gasteiger partial charge is 0.375 e. The molecule has 0 aliphatic rings. The molecular formula is C7H13F2NO4. The highest BCUT2D eigenvalue weighted by atomic mass is 19.3. The van der Waals surface area contributed by atoms with Crippen molar-refractivity contribution in [1.82, 2.24) is 4.90 Å². The van der Waals surface area contributed by atoms with Crippen LogP contribution in [-0.4, -0.2) is 65.0 Å². The van der Waals surface area contributed by atoms with E-state index in [4.69, 9.17) is 15.3 Å². The lowest BCUT2D eigenvalue weighted by molar-refractivity contribution is -0.168. The van der Waals surface area contributed by atoms with Gasteiger partial charge in [0, 0.05) is 0 Å². The van der Waals surface area contributed by atoms with Crippen molar-refractivity contribution in [2.45, 2.75) is 12.0 Å². The molecule has 0 aliphatic heterocycles. The summed E-state index contributed by atoms with van der Waals surface area (Å²) in [6, 6.07) is -0.875. The Morgan fingerprint density at radius 3 is 2.14 bits per heavy atom. The summed E-state index contributed by atoms with van der Waals surface area (Å²) >= 11 is 0. The van der Waals surface area contributed by atoms with Crippen LogP contribution in [0, 0.1) is 0 Å². The molecule has 0 aromatic heterocycles. The maximum atomic E-state index is 12.6. The summed E-state index contributed by atoms with van der Waals surface area (Å²) in [7, 11) is 1.20. The van der Waals surface area contributed by atoms with Gasteiger partial charge in [0.05, 0.1) is 25.8 Å². The van der Waals surface area contributed by atoms with Crippen molar-refractivity contribution in [2.75, 3.05) is 26.8 Å². The summed E-state index contributed by atoms with van der Waals surface area (Å²) in [6.07, 6.45) is 0. The van der Waals surface area contributed by atoms with Crippen LogP contribution in [0.15, 0.2) is 0 Å². The Kier molecular flexibility index (Phi) is 4.89. The second kappa shape index (κ2) is 5.18. The maximum absolute atomic E-state index is 12.6. The molecule has 0 fully saturated rings. The Bertz CT molecular complexity index is 196. The van der Waals surface area contributed by atoms with Crippen LogP contribution >= 0.6 is 0 Å². The highest BCUT2D eigenvalue weighted by molar-refractivity contribution is 5.75. The number of alkyl halides is 2. The number of halogens is 2. The van der Waals surface area contributed by atoms with Crippen LogP contribution in [-0.2, 0) is 4.79 Å². The predicted molar refractivity (Wildman–Crippen MR) is 43.2 cm³/mol. The number of aliphatic hydroxyl groups excluding tert-OH is 2. The summed E-state index contributed by atoms with van der Waals surface area (Å²) in [6.45, 7) is -2.07. The summed E-state index contributed by atoms with van der Waals surface area (Å²) in [5.41, 5.74) is 0. The van der Waals surface area contributed by atoms with Gasteiger partial charge in [-0.15, -0.1) is 0 Å². The molecule has 7 heteroatoms. The fraction of sp³-hybridized carbons (Fsp3) is 0.857. The number of aliphatic hydroxyl groups is 2. The monoisotopic (exact) mass is 213 g/mol. The number of carboxylic acids is 1. The minimum Gasteiger partial charge on any atom is -0.477 e. The van der Waals surface area contributed by atoms with Gasteiger partial charge in [0.2, 0.25) is 0 Å². The van der Waals surface area contributed by atoms with Crippen LogP contribution in [0.4, 0.5) is 8.78 Å². The first kappa shape index (κ1) is 13.2. The van der Waals surface area contributed by atoms with Gasteiger partial charge in [0.25, 0.3) is 0 Å². The second-order valence-electron chi connectivity index (χ2n) is 2.94. The van der Waals surface area contributed by atoms with Gasteiger partial charge in [0.1, 0.15) is 0 Å². The van der Waals surface area contributed by atoms with Crippen molar-refractivity contribution in [3.05, 3.63) is 0 Å². The number of nitrogens with zero attached hydrogens (tertiary/aromatic N) is 1. The first-order chi connectivity index (χ1) is 6.35. The number of hydrogen-bond donors (Lipinski definition) is 3. The fourth-order valence-electron chi connectivity index (χ4n) is 0.846. The Balaban J connectivity index is 4.29. The molecule has 0 atom stereocenters. The Morgan fingerprint density at radius 2 is 1.86 bits per heavy atom. The van der Waals surface area contributed by atoms with Crippen molar-refractivity contribution in [2.24, 2.45) is 0 Å². The highest BCUT2D eigenvalue weighted by Gasteiger charge is 2.40. The lowest BCUT2D eigenvalue weighted by Crippen LogP contribution is -2.47. The third-order valence-electron chi connectivity index (χ3n) is 1.81. The minimum atomic E-state index is -3.88. The molecule has 0 unspecified atom stereocenters. The van der Waals surface area contributed by atoms with E-state index < -0.39 is 37.7 Å². The van der Waals surface area contributed by atoms with Crippen molar-refractivity contribution in [3.63, 3.8) is 0 Å². The lowest BCUT2D eigenvalue weighted by Gasteiger charge is -2.26. The third kappa shape index (κ3) is 3.52. The zero-order valence-electron chi connectivity index (χ0n) is 7.65. The molecule has 14 heavy (non-hydrogen) atoms. The normalized spacial score (nSPS) is 12.5. The quantitative estimate of drug-likeness (QED) is 0.527. The zero-order valence-corrected chi connectivity index (χ0v) is 7.65. The first-order valence-corrected chi connectivity index (χ1v) is 3.88. The van der Waals surface area contributed by atoms with Gasteiger partial charge >= 0.3 is 11.9 Å². The van der Waals surface area contributed by atoms with Crippen LogP contribution in [0.5, 0.6) is 0 Å². The van der Waals surface area contributed by atoms with Crippen LogP contribution in [0.3, 0.4) is 0 Å². The molecular weight excluding hydrogens is 200 g/mol. The standard InChI is InChI=1S/C7H13F2NO4/c1-10(5(2-11)3-12)4-7(8,9)6(13)14/h5,11-12H,2-4H2,1H3,(H,13,14). The molecule has 0 saturated carbocycles. The van der Waals surface area contributed by atoms with Crippen LogP contribution in [0.1, 0.15) is 0 Å². The summed E-state index contributed by atoms with van der Waals surface area (Å²) in [5, 5.41) is 25.4. The van der Waals surface area contributed by atoms with Crippen LogP contribution in [0.25, 0.3) is 0 Å². The van der Waals surface area contributed by atoms with E-state index in [1.807, 2.05) is 0 Å². The van der Waals surface area contributed by atoms with Crippen LogP contribution in [0.2, 0.25) is 0 Å². The summed E-state index contributed by atoms with van der Waals surface area (Å²) in [5.74, 6) is -6.10. The molecule has 84 valence electrons. The molecule has 0 radical (unpaired) electrons.